The zero-order valence-corrected chi connectivity index (χ0v) is 21.1. The number of carbonyl (C=O) groups is 1. The van der Waals surface area contributed by atoms with Crippen molar-refractivity contribution < 1.29 is 35.2 Å². The van der Waals surface area contributed by atoms with Crippen molar-refractivity contribution in [1.29, 1.82) is 0 Å². The second kappa shape index (κ2) is 11.8. The standard InChI is InChI=1S/C24H28F5N3O3S/c1-5-7-15(17-9-10-21(24(27,28)29)31-20(17)8-6-2)13-22(33)30-14(3)16-11-18(25)23(19(26)12-16)32-36(4,34)35/h9-14,32H,5-8H2,1-4H3,(H,30,33)/b15-13+/t14-/m1/s1. The highest BCUT2D eigenvalue weighted by Gasteiger charge is 2.33. The van der Waals surface area contributed by atoms with Crippen LogP contribution in [0.1, 0.15) is 68.6 Å². The molecule has 2 N–H and O–H groups in total. The highest BCUT2D eigenvalue weighted by molar-refractivity contribution is 7.92. The molecule has 6 nitrogen and oxygen atoms in total. The summed E-state index contributed by atoms with van der Waals surface area (Å²) in [6, 6.07) is 3.11. The van der Waals surface area contributed by atoms with Crippen LogP contribution in [0.15, 0.2) is 30.3 Å². The summed E-state index contributed by atoms with van der Waals surface area (Å²) in [4.78, 5) is 16.5. The number of nitrogens with zero attached hydrogens (tertiary/aromatic N) is 1. The number of benzene rings is 1. The van der Waals surface area contributed by atoms with Crippen LogP contribution in [0, 0.1) is 11.6 Å². The second-order valence-corrected chi connectivity index (χ2v) is 10.1. The molecule has 0 radical (unpaired) electrons. The highest BCUT2D eigenvalue weighted by atomic mass is 32.2. The van der Waals surface area contributed by atoms with Crippen molar-refractivity contribution in [3.8, 4) is 0 Å². The molecule has 0 fully saturated rings. The van der Waals surface area contributed by atoms with E-state index in [2.05, 4.69) is 10.3 Å². The Morgan fingerprint density at radius 1 is 1.11 bits per heavy atom. The lowest BCUT2D eigenvalue weighted by Gasteiger charge is -2.17. The van der Waals surface area contributed by atoms with E-state index in [1.165, 1.54) is 19.1 Å². The number of hydrogen-bond donors (Lipinski definition) is 2. The first-order valence-corrected chi connectivity index (χ1v) is 13.1. The van der Waals surface area contributed by atoms with E-state index < -0.39 is 51.2 Å². The fourth-order valence-corrected chi connectivity index (χ4v) is 4.12. The lowest BCUT2D eigenvalue weighted by molar-refractivity contribution is -0.141. The predicted molar refractivity (Wildman–Crippen MR) is 128 cm³/mol. The molecular weight excluding hydrogens is 505 g/mol. The first-order chi connectivity index (χ1) is 16.7. The third-order valence-electron chi connectivity index (χ3n) is 5.13. The van der Waals surface area contributed by atoms with Gasteiger partial charge >= 0.3 is 6.18 Å². The smallest absolute Gasteiger partial charge is 0.346 e. The van der Waals surface area contributed by atoms with E-state index in [-0.39, 0.29) is 17.7 Å². The molecule has 12 heteroatoms. The van der Waals surface area contributed by atoms with E-state index in [4.69, 9.17) is 0 Å². The number of alkyl halides is 3. The summed E-state index contributed by atoms with van der Waals surface area (Å²) in [5.41, 5.74) is -0.652. The Kier molecular flexibility index (Phi) is 9.58. The fourth-order valence-electron chi connectivity index (χ4n) is 3.56. The maximum atomic E-state index is 14.3. The summed E-state index contributed by atoms with van der Waals surface area (Å²) in [7, 11) is -3.91. The Labute approximate surface area is 207 Å². The summed E-state index contributed by atoms with van der Waals surface area (Å²) in [6.07, 6.45) is -0.779. The van der Waals surface area contributed by atoms with Gasteiger partial charge in [0.05, 0.1) is 12.3 Å². The van der Waals surface area contributed by atoms with Gasteiger partial charge in [0.2, 0.25) is 15.9 Å². The average molecular weight is 534 g/mol. The van der Waals surface area contributed by atoms with Gasteiger partial charge in [0.25, 0.3) is 0 Å². The van der Waals surface area contributed by atoms with Crippen LogP contribution in [0.25, 0.3) is 5.57 Å². The zero-order valence-electron chi connectivity index (χ0n) is 20.3. The fraction of sp³-hybridized carbons (Fsp3) is 0.417. The van der Waals surface area contributed by atoms with E-state index >= 15 is 0 Å². The van der Waals surface area contributed by atoms with Crippen LogP contribution >= 0.6 is 0 Å². The molecule has 0 spiro atoms. The Bertz CT molecular complexity index is 1220. The van der Waals surface area contributed by atoms with Crippen molar-refractivity contribution in [1.82, 2.24) is 10.3 Å². The van der Waals surface area contributed by atoms with E-state index in [1.54, 1.807) is 11.6 Å². The van der Waals surface area contributed by atoms with Gasteiger partial charge in [0.15, 0.2) is 11.6 Å². The quantitative estimate of drug-likeness (QED) is 0.300. The Morgan fingerprint density at radius 2 is 1.72 bits per heavy atom. The number of rotatable bonds is 10. The number of anilines is 1. The largest absolute Gasteiger partial charge is 0.433 e. The molecule has 1 heterocycles. The van der Waals surface area contributed by atoms with Gasteiger partial charge in [-0.2, -0.15) is 13.2 Å². The second-order valence-electron chi connectivity index (χ2n) is 8.32. The van der Waals surface area contributed by atoms with Gasteiger partial charge in [-0.3, -0.25) is 9.52 Å². The average Bonchev–Trinajstić information content (AvgIpc) is 2.74. The molecule has 0 aliphatic carbocycles. The molecular formula is C24H28F5N3O3S. The third kappa shape index (κ3) is 8.00. The molecule has 0 aliphatic rings. The van der Waals surface area contributed by atoms with E-state index in [0.29, 0.717) is 30.4 Å². The topological polar surface area (TPSA) is 88.2 Å². The molecule has 0 aliphatic heterocycles. The van der Waals surface area contributed by atoms with Gasteiger partial charge in [-0.1, -0.05) is 32.8 Å². The van der Waals surface area contributed by atoms with E-state index in [9.17, 15) is 35.2 Å². The number of aromatic nitrogens is 1. The van der Waals surface area contributed by atoms with Crippen molar-refractivity contribution in [3.63, 3.8) is 0 Å². The third-order valence-corrected chi connectivity index (χ3v) is 5.71. The van der Waals surface area contributed by atoms with Crippen LogP contribution in [0.2, 0.25) is 0 Å². The van der Waals surface area contributed by atoms with Crippen molar-refractivity contribution in [2.45, 2.75) is 58.7 Å². The summed E-state index contributed by atoms with van der Waals surface area (Å²) in [5.74, 6) is -2.93. The van der Waals surface area contributed by atoms with Crippen LogP contribution in [-0.4, -0.2) is 25.6 Å². The van der Waals surface area contributed by atoms with Gasteiger partial charge in [0.1, 0.15) is 11.4 Å². The monoisotopic (exact) mass is 533 g/mol. The first kappa shape index (κ1) is 29.2. The van der Waals surface area contributed by atoms with Gasteiger partial charge in [0, 0.05) is 11.8 Å². The van der Waals surface area contributed by atoms with Crippen LogP contribution < -0.4 is 10.0 Å². The Hall–Kier alpha value is -3.02. The van der Waals surface area contributed by atoms with Crippen molar-refractivity contribution in [3.05, 3.63) is 64.5 Å². The molecule has 1 atom stereocenters. The van der Waals surface area contributed by atoms with Crippen molar-refractivity contribution in [2.24, 2.45) is 0 Å². The molecule has 1 aromatic heterocycles. The van der Waals surface area contributed by atoms with Gasteiger partial charge in [-0.05, 0) is 54.7 Å². The normalized spacial score (nSPS) is 13.4. The van der Waals surface area contributed by atoms with Gasteiger partial charge in [-0.25, -0.2) is 22.2 Å². The minimum Gasteiger partial charge on any atom is -0.346 e. The lowest BCUT2D eigenvalue weighted by atomic mass is 9.96. The van der Waals surface area contributed by atoms with Crippen LogP contribution in [0.5, 0.6) is 0 Å². The van der Waals surface area contributed by atoms with E-state index in [0.717, 1.165) is 24.5 Å². The molecule has 1 aromatic carbocycles. The predicted octanol–water partition coefficient (Wildman–Crippen LogP) is 5.76. The van der Waals surface area contributed by atoms with Crippen molar-refractivity contribution >= 4 is 27.2 Å². The van der Waals surface area contributed by atoms with Crippen LogP contribution in [-0.2, 0) is 27.4 Å². The molecule has 0 bridgehead atoms. The Balaban J connectivity index is 2.35. The number of aryl methyl sites for hydroxylation is 1. The lowest BCUT2D eigenvalue weighted by Crippen LogP contribution is -2.25. The summed E-state index contributed by atoms with van der Waals surface area (Å²) >= 11 is 0. The highest BCUT2D eigenvalue weighted by Crippen LogP contribution is 2.31. The summed E-state index contributed by atoms with van der Waals surface area (Å²) in [5, 5.41) is 2.58. The zero-order chi connectivity index (χ0) is 27.3. The number of halogens is 5. The molecule has 198 valence electrons. The Morgan fingerprint density at radius 3 is 2.22 bits per heavy atom. The molecule has 2 aromatic rings. The van der Waals surface area contributed by atoms with Gasteiger partial charge in [-0.15, -0.1) is 0 Å². The molecule has 0 saturated carbocycles. The maximum absolute atomic E-state index is 14.3. The maximum Gasteiger partial charge on any atom is 0.433 e. The number of allylic oxidation sites excluding steroid dienone is 1. The molecule has 36 heavy (non-hydrogen) atoms. The number of sulfonamides is 1. The molecule has 2 rings (SSSR count). The molecule has 1 amide bonds. The minimum absolute atomic E-state index is 0.0470. The molecule has 0 saturated heterocycles. The number of carbonyl (C=O) groups excluding carboxylic acids is 1. The number of nitrogens with one attached hydrogen (secondary N) is 2. The summed E-state index contributed by atoms with van der Waals surface area (Å²) < 4.78 is 92.4. The van der Waals surface area contributed by atoms with Crippen molar-refractivity contribution in [2.75, 3.05) is 11.0 Å². The first-order valence-electron chi connectivity index (χ1n) is 11.2. The number of hydrogen-bond acceptors (Lipinski definition) is 4. The number of pyridine rings is 1. The van der Waals surface area contributed by atoms with Crippen LogP contribution in [0.3, 0.4) is 0 Å². The van der Waals surface area contributed by atoms with E-state index in [1.807, 2.05) is 6.92 Å². The van der Waals surface area contributed by atoms with Gasteiger partial charge < -0.3 is 5.32 Å². The SMILES string of the molecule is CCC/C(=C\C(=O)N[C@H](C)c1cc(F)c(NS(C)(=O)=O)c(F)c1)c1ccc(C(F)(F)F)nc1CCC. The molecule has 0 unspecified atom stereocenters. The number of amides is 1. The minimum atomic E-state index is -4.60. The van der Waals surface area contributed by atoms with Crippen LogP contribution in [0.4, 0.5) is 27.6 Å². The summed E-state index contributed by atoms with van der Waals surface area (Å²) in [6.45, 7) is 5.13.